The maximum absolute atomic E-state index is 5.83. The van der Waals surface area contributed by atoms with E-state index in [2.05, 4.69) is 48.5 Å². The van der Waals surface area contributed by atoms with Gasteiger partial charge in [0.25, 0.3) is 0 Å². The molecule has 0 radical (unpaired) electrons. The molecule has 1 atom stereocenters. The zero-order valence-electron chi connectivity index (χ0n) is 13.4. The second-order valence-electron chi connectivity index (χ2n) is 7.00. The summed E-state index contributed by atoms with van der Waals surface area (Å²) in [4.78, 5) is 2.39. The molecule has 0 spiro atoms. The maximum Gasteiger partial charge on any atom is 0.0551 e. The number of aryl methyl sites for hydroxylation is 1. The SMILES string of the molecule is Cc1ccc(N(C)CC2(CNC3CC3)CCCOC2)cc1. The van der Waals surface area contributed by atoms with E-state index in [9.17, 15) is 0 Å². The highest BCUT2D eigenvalue weighted by molar-refractivity contribution is 5.47. The highest BCUT2D eigenvalue weighted by Gasteiger charge is 2.36. The minimum atomic E-state index is 0.264. The summed E-state index contributed by atoms with van der Waals surface area (Å²) in [5.74, 6) is 0. The Kier molecular flexibility index (Phi) is 4.51. The molecule has 1 heterocycles. The first-order chi connectivity index (χ1) is 10.2. The van der Waals surface area contributed by atoms with Gasteiger partial charge in [0.2, 0.25) is 0 Å². The maximum atomic E-state index is 5.83. The van der Waals surface area contributed by atoms with Crippen molar-refractivity contribution in [3.05, 3.63) is 29.8 Å². The van der Waals surface area contributed by atoms with Crippen molar-refractivity contribution < 1.29 is 4.74 Å². The summed E-state index contributed by atoms with van der Waals surface area (Å²) in [5.41, 5.74) is 2.88. The van der Waals surface area contributed by atoms with Gasteiger partial charge < -0.3 is 15.0 Å². The predicted molar refractivity (Wildman–Crippen MR) is 88.0 cm³/mol. The summed E-state index contributed by atoms with van der Waals surface area (Å²) in [6, 6.07) is 9.60. The Balaban J connectivity index is 1.65. The second-order valence-corrected chi connectivity index (χ2v) is 7.00. The first-order valence-corrected chi connectivity index (χ1v) is 8.26. The lowest BCUT2D eigenvalue weighted by Gasteiger charge is -2.40. The smallest absolute Gasteiger partial charge is 0.0551 e. The van der Waals surface area contributed by atoms with Crippen LogP contribution in [0.15, 0.2) is 24.3 Å². The van der Waals surface area contributed by atoms with Crippen LogP contribution in [-0.4, -0.2) is 39.4 Å². The Bertz CT molecular complexity index is 447. The molecule has 1 aromatic rings. The van der Waals surface area contributed by atoms with Gasteiger partial charge in [0.05, 0.1) is 6.61 Å². The van der Waals surface area contributed by atoms with E-state index in [1.807, 2.05) is 0 Å². The Labute approximate surface area is 128 Å². The number of benzene rings is 1. The first kappa shape index (κ1) is 14.9. The number of ether oxygens (including phenoxy) is 1. The summed E-state index contributed by atoms with van der Waals surface area (Å²) >= 11 is 0. The van der Waals surface area contributed by atoms with Crippen LogP contribution in [0.5, 0.6) is 0 Å². The van der Waals surface area contributed by atoms with Gasteiger partial charge in [-0.05, 0) is 44.7 Å². The van der Waals surface area contributed by atoms with E-state index in [0.717, 1.165) is 32.3 Å². The molecular weight excluding hydrogens is 260 g/mol. The van der Waals surface area contributed by atoms with Crippen molar-refractivity contribution in [2.24, 2.45) is 5.41 Å². The first-order valence-electron chi connectivity index (χ1n) is 8.26. The average Bonchev–Trinajstić information content (AvgIpc) is 3.31. The van der Waals surface area contributed by atoms with Crippen LogP contribution >= 0.6 is 0 Å². The molecule has 3 heteroatoms. The lowest BCUT2D eigenvalue weighted by Crippen LogP contribution is -2.48. The molecule has 1 N–H and O–H groups in total. The minimum absolute atomic E-state index is 0.264. The van der Waals surface area contributed by atoms with Crippen LogP contribution in [0.3, 0.4) is 0 Å². The molecule has 1 aromatic carbocycles. The number of hydrogen-bond donors (Lipinski definition) is 1. The molecule has 0 aromatic heterocycles. The van der Waals surface area contributed by atoms with Gasteiger partial charge >= 0.3 is 0 Å². The normalized spacial score (nSPS) is 25.8. The van der Waals surface area contributed by atoms with Gasteiger partial charge in [-0.2, -0.15) is 0 Å². The van der Waals surface area contributed by atoms with Crippen molar-refractivity contribution in [3.8, 4) is 0 Å². The molecule has 1 aliphatic heterocycles. The van der Waals surface area contributed by atoms with Crippen molar-refractivity contribution in [3.63, 3.8) is 0 Å². The number of nitrogens with one attached hydrogen (secondary N) is 1. The lowest BCUT2D eigenvalue weighted by atomic mass is 9.81. The standard InChI is InChI=1S/C18H28N2O/c1-15-4-8-17(9-5-15)20(2)13-18(10-3-11-21-14-18)12-19-16-6-7-16/h4-5,8-9,16,19H,3,6-7,10-14H2,1-2H3. The molecule has 21 heavy (non-hydrogen) atoms. The monoisotopic (exact) mass is 288 g/mol. The third-order valence-corrected chi connectivity index (χ3v) is 4.79. The van der Waals surface area contributed by atoms with Crippen molar-refractivity contribution >= 4 is 5.69 Å². The van der Waals surface area contributed by atoms with Crippen molar-refractivity contribution in [2.75, 3.05) is 38.3 Å². The molecule has 3 rings (SSSR count). The van der Waals surface area contributed by atoms with E-state index in [1.165, 1.54) is 36.9 Å². The van der Waals surface area contributed by atoms with Crippen LogP contribution in [-0.2, 0) is 4.74 Å². The van der Waals surface area contributed by atoms with Crippen molar-refractivity contribution in [2.45, 2.75) is 38.6 Å². The molecule has 2 fully saturated rings. The highest BCUT2D eigenvalue weighted by atomic mass is 16.5. The van der Waals surface area contributed by atoms with E-state index in [0.29, 0.717) is 0 Å². The van der Waals surface area contributed by atoms with Crippen LogP contribution in [0, 0.1) is 12.3 Å². The third kappa shape index (κ3) is 3.98. The number of rotatable bonds is 6. The van der Waals surface area contributed by atoms with Crippen LogP contribution < -0.4 is 10.2 Å². The minimum Gasteiger partial charge on any atom is -0.381 e. The van der Waals surface area contributed by atoms with Gasteiger partial charge in [-0.15, -0.1) is 0 Å². The summed E-state index contributed by atoms with van der Waals surface area (Å²) < 4.78 is 5.83. The Morgan fingerprint density at radius 3 is 2.67 bits per heavy atom. The second kappa shape index (κ2) is 6.37. The molecule has 1 unspecified atom stereocenters. The van der Waals surface area contributed by atoms with Gasteiger partial charge in [-0.3, -0.25) is 0 Å². The molecule has 0 bridgehead atoms. The van der Waals surface area contributed by atoms with E-state index in [-0.39, 0.29) is 5.41 Å². The van der Waals surface area contributed by atoms with Crippen molar-refractivity contribution in [1.29, 1.82) is 0 Å². The summed E-state index contributed by atoms with van der Waals surface area (Å²) in [6.45, 7) is 6.12. The van der Waals surface area contributed by atoms with Crippen LogP contribution in [0.25, 0.3) is 0 Å². The Hall–Kier alpha value is -1.06. The summed E-state index contributed by atoms with van der Waals surface area (Å²) in [5, 5.41) is 3.73. The van der Waals surface area contributed by atoms with Crippen molar-refractivity contribution in [1.82, 2.24) is 5.32 Å². The number of nitrogens with zero attached hydrogens (tertiary/aromatic N) is 1. The zero-order valence-corrected chi connectivity index (χ0v) is 13.4. The Morgan fingerprint density at radius 1 is 1.29 bits per heavy atom. The Morgan fingerprint density at radius 2 is 2.05 bits per heavy atom. The molecule has 1 saturated carbocycles. The fourth-order valence-electron chi connectivity index (χ4n) is 3.27. The molecule has 0 amide bonds. The van der Waals surface area contributed by atoms with Crippen LogP contribution in [0.2, 0.25) is 0 Å². The fraction of sp³-hybridized carbons (Fsp3) is 0.667. The fourth-order valence-corrected chi connectivity index (χ4v) is 3.27. The highest BCUT2D eigenvalue weighted by Crippen LogP contribution is 2.32. The lowest BCUT2D eigenvalue weighted by molar-refractivity contribution is -0.00292. The molecule has 116 valence electrons. The van der Waals surface area contributed by atoms with E-state index in [1.54, 1.807) is 0 Å². The van der Waals surface area contributed by atoms with E-state index < -0.39 is 0 Å². The van der Waals surface area contributed by atoms with Gasteiger partial charge in [0.1, 0.15) is 0 Å². The van der Waals surface area contributed by atoms with E-state index >= 15 is 0 Å². The van der Waals surface area contributed by atoms with Gasteiger partial charge in [0, 0.05) is 43.9 Å². The predicted octanol–water partition coefficient (Wildman–Crippen LogP) is 2.98. The summed E-state index contributed by atoms with van der Waals surface area (Å²) in [6.07, 6.45) is 5.16. The molecule has 1 saturated heterocycles. The number of anilines is 1. The molecular formula is C18H28N2O. The van der Waals surface area contributed by atoms with E-state index in [4.69, 9.17) is 4.74 Å². The van der Waals surface area contributed by atoms with Crippen LogP contribution in [0.1, 0.15) is 31.2 Å². The zero-order chi connectivity index (χ0) is 14.7. The molecule has 3 nitrogen and oxygen atoms in total. The summed E-state index contributed by atoms with van der Waals surface area (Å²) in [7, 11) is 2.21. The number of hydrogen-bond acceptors (Lipinski definition) is 3. The molecule has 2 aliphatic rings. The quantitative estimate of drug-likeness (QED) is 0.871. The average molecular weight is 288 g/mol. The van der Waals surface area contributed by atoms with Gasteiger partial charge in [0.15, 0.2) is 0 Å². The van der Waals surface area contributed by atoms with Crippen LogP contribution in [0.4, 0.5) is 5.69 Å². The van der Waals surface area contributed by atoms with Gasteiger partial charge in [-0.25, -0.2) is 0 Å². The van der Waals surface area contributed by atoms with Gasteiger partial charge in [-0.1, -0.05) is 17.7 Å². The topological polar surface area (TPSA) is 24.5 Å². The third-order valence-electron chi connectivity index (χ3n) is 4.79. The molecule has 1 aliphatic carbocycles. The largest absolute Gasteiger partial charge is 0.381 e.